The summed E-state index contributed by atoms with van der Waals surface area (Å²) in [6.07, 6.45) is 0. The van der Waals surface area contributed by atoms with Gasteiger partial charge in [-0.25, -0.2) is 9.37 Å². The molecular weight excluding hydrogens is 424 g/mol. The Morgan fingerprint density at radius 2 is 1.80 bits per heavy atom. The maximum Gasteiger partial charge on any atom is 0.148 e. The molecule has 0 saturated heterocycles. The van der Waals surface area contributed by atoms with E-state index in [1.165, 1.54) is 6.07 Å². The first-order valence-electron chi connectivity index (χ1n) is 8.86. The second-order valence-electron chi connectivity index (χ2n) is 6.37. The molecule has 150 valence electrons. The first-order valence-corrected chi connectivity index (χ1v) is 9.24. The van der Waals surface area contributed by atoms with E-state index in [4.69, 9.17) is 16.3 Å². The Kier molecular flexibility index (Phi) is 6.73. The molecule has 0 fully saturated rings. The van der Waals surface area contributed by atoms with E-state index in [1.807, 2.05) is 48.5 Å². The van der Waals surface area contributed by atoms with Crippen molar-refractivity contribution in [3.05, 3.63) is 94.9 Å². The van der Waals surface area contributed by atoms with Crippen molar-refractivity contribution in [3.63, 3.8) is 0 Å². The van der Waals surface area contributed by atoms with Crippen LogP contribution in [0.25, 0.3) is 10.9 Å². The van der Waals surface area contributed by atoms with Crippen LogP contribution in [0.15, 0.2) is 72.8 Å². The van der Waals surface area contributed by atoms with Gasteiger partial charge in [0.15, 0.2) is 0 Å². The van der Waals surface area contributed by atoms with E-state index < -0.39 is 5.82 Å². The average Bonchev–Trinajstić information content (AvgIpc) is 2.74. The topological polar surface area (TPSA) is 57.9 Å². The van der Waals surface area contributed by atoms with Crippen LogP contribution in [-0.2, 0) is 6.61 Å². The van der Waals surface area contributed by atoms with Gasteiger partial charge in [-0.1, -0.05) is 41.9 Å². The maximum atomic E-state index is 14.2. The third-order valence-corrected chi connectivity index (χ3v) is 4.58. The molecule has 30 heavy (non-hydrogen) atoms. The molecule has 1 N–H and O–H groups in total. The van der Waals surface area contributed by atoms with Crippen molar-refractivity contribution in [2.75, 3.05) is 5.32 Å². The first kappa shape index (κ1) is 21.4. The molecule has 0 bridgehead atoms. The lowest BCUT2D eigenvalue weighted by molar-refractivity contribution is 0.306. The normalized spacial score (nSPS) is 10.2. The lowest BCUT2D eigenvalue weighted by Crippen LogP contribution is -1.99. The fourth-order valence-electron chi connectivity index (χ4n) is 2.94. The van der Waals surface area contributed by atoms with Crippen molar-refractivity contribution in [2.24, 2.45) is 0 Å². The number of nitrogens with one attached hydrogen (secondary N) is 1. The van der Waals surface area contributed by atoms with Gasteiger partial charge in [-0.05, 0) is 42.0 Å². The molecule has 0 aliphatic heterocycles. The number of rotatable bonds is 5. The van der Waals surface area contributed by atoms with E-state index in [0.29, 0.717) is 28.6 Å². The molecule has 4 rings (SSSR count). The molecule has 4 nitrogen and oxygen atoms in total. The van der Waals surface area contributed by atoms with Gasteiger partial charge in [0, 0.05) is 16.5 Å². The number of benzene rings is 3. The summed E-state index contributed by atoms with van der Waals surface area (Å²) < 4.78 is 20.0. The van der Waals surface area contributed by atoms with Crippen LogP contribution in [0.2, 0.25) is 5.02 Å². The van der Waals surface area contributed by atoms with Gasteiger partial charge in [-0.3, -0.25) is 0 Å². The highest BCUT2D eigenvalue weighted by Crippen LogP contribution is 2.31. The third kappa shape index (κ3) is 4.80. The number of hydrogen-bond donors (Lipinski definition) is 1. The van der Waals surface area contributed by atoms with Crippen LogP contribution < -0.4 is 10.1 Å². The van der Waals surface area contributed by atoms with Gasteiger partial charge in [-0.2, -0.15) is 5.26 Å². The van der Waals surface area contributed by atoms with Gasteiger partial charge < -0.3 is 10.1 Å². The summed E-state index contributed by atoms with van der Waals surface area (Å²) in [6, 6.07) is 23.2. The standard InChI is InChI=1S/C23H15ClFN3O.ClH/c24-16-6-9-21(20(25)10-16)28-22-11-17(13-26)27-23-12-18(7-8-19(22)23)29-14-15-4-2-1-3-5-15;/h1-12H,14H2,(H,27,28);1H. The van der Waals surface area contributed by atoms with Gasteiger partial charge in [0.2, 0.25) is 0 Å². The number of aromatic nitrogens is 1. The molecule has 1 aromatic heterocycles. The van der Waals surface area contributed by atoms with Crippen LogP contribution >= 0.6 is 24.0 Å². The van der Waals surface area contributed by atoms with E-state index in [-0.39, 0.29) is 23.8 Å². The van der Waals surface area contributed by atoms with Crippen molar-refractivity contribution >= 4 is 46.3 Å². The van der Waals surface area contributed by atoms with E-state index in [0.717, 1.165) is 10.9 Å². The SMILES string of the molecule is Cl.N#Cc1cc(Nc2ccc(Cl)cc2F)c2ccc(OCc3ccccc3)cc2n1. The first-order chi connectivity index (χ1) is 14.1. The Morgan fingerprint density at radius 3 is 2.53 bits per heavy atom. The zero-order valence-electron chi connectivity index (χ0n) is 15.6. The molecule has 1 heterocycles. The second kappa shape index (κ2) is 9.45. The van der Waals surface area contributed by atoms with Gasteiger partial charge in [0.25, 0.3) is 0 Å². The largest absolute Gasteiger partial charge is 0.489 e. The number of fused-ring (bicyclic) bond motifs is 1. The number of nitrogens with zero attached hydrogens (tertiary/aromatic N) is 2. The fraction of sp³-hybridized carbons (Fsp3) is 0.0435. The summed E-state index contributed by atoms with van der Waals surface area (Å²) in [5, 5.41) is 13.4. The molecule has 4 aromatic rings. The van der Waals surface area contributed by atoms with Crippen LogP contribution in [-0.4, -0.2) is 4.98 Å². The summed E-state index contributed by atoms with van der Waals surface area (Å²) in [7, 11) is 0. The predicted octanol–water partition coefficient (Wildman–Crippen LogP) is 6.64. The summed E-state index contributed by atoms with van der Waals surface area (Å²) in [6.45, 7) is 0.422. The number of anilines is 2. The van der Waals surface area contributed by atoms with E-state index in [1.54, 1.807) is 24.3 Å². The lowest BCUT2D eigenvalue weighted by atomic mass is 10.1. The lowest BCUT2D eigenvalue weighted by Gasteiger charge is -2.13. The van der Waals surface area contributed by atoms with Crippen LogP contribution in [0.5, 0.6) is 5.75 Å². The summed E-state index contributed by atoms with van der Waals surface area (Å²) in [5.74, 6) is 0.149. The summed E-state index contributed by atoms with van der Waals surface area (Å²) in [5.41, 5.74) is 2.67. The van der Waals surface area contributed by atoms with Gasteiger partial charge >= 0.3 is 0 Å². The van der Waals surface area contributed by atoms with Crippen LogP contribution in [0.3, 0.4) is 0 Å². The van der Waals surface area contributed by atoms with Crippen LogP contribution in [0.4, 0.5) is 15.8 Å². The highest BCUT2D eigenvalue weighted by molar-refractivity contribution is 6.30. The highest BCUT2D eigenvalue weighted by Gasteiger charge is 2.10. The highest BCUT2D eigenvalue weighted by atomic mass is 35.5. The van der Waals surface area contributed by atoms with Crippen LogP contribution in [0, 0.1) is 17.1 Å². The maximum absolute atomic E-state index is 14.2. The van der Waals surface area contributed by atoms with Crippen molar-refractivity contribution in [2.45, 2.75) is 6.61 Å². The Hall–Kier alpha value is -3.33. The number of pyridine rings is 1. The molecular formula is C23H16Cl2FN3O. The van der Waals surface area contributed by atoms with Crippen molar-refractivity contribution < 1.29 is 9.13 Å². The molecule has 0 saturated carbocycles. The molecule has 0 aliphatic rings. The van der Waals surface area contributed by atoms with Crippen molar-refractivity contribution in [1.29, 1.82) is 5.26 Å². The van der Waals surface area contributed by atoms with Gasteiger partial charge in [-0.15, -0.1) is 12.4 Å². The fourth-order valence-corrected chi connectivity index (χ4v) is 3.09. The van der Waals surface area contributed by atoms with E-state index >= 15 is 0 Å². The molecule has 0 unspecified atom stereocenters. The minimum absolute atomic E-state index is 0. The molecule has 0 spiro atoms. The average molecular weight is 440 g/mol. The van der Waals surface area contributed by atoms with Gasteiger partial charge in [0.05, 0.1) is 16.9 Å². The molecule has 0 radical (unpaired) electrons. The van der Waals surface area contributed by atoms with Crippen molar-refractivity contribution in [1.82, 2.24) is 4.98 Å². The Balaban J connectivity index is 0.00000256. The minimum Gasteiger partial charge on any atom is -0.489 e. The zero-order valence-corrected chi connectivity index (χ0v) is 17.2. The molecule has 0 atom stereocenters. The Morgan fingerprint density at radius 1 is 1.00 bits per heavy atom. The monoisotopic (exact) mass is 439 g/mol. The molecule has 3 aromatic carbocycles. The van der Waals surface area contributed by atoms with E-state index in [9.17, 15) is 9.65 Å². The quantitative estimate of drug-likeness (QED) is 0.378. The van der Waals surface area contributed by atoms with Gasteiger partial charge in [0.1, 0.15) is 29.9 Å². The van der Waals surface area contributed by atoms with Crippen LogP contribution in [0.1, 0.15) is 11.3 Å². The second-order valence-corrected chi connectivity index (χ2v) is 6.81. The third-order valence-electron chi connectivity index (χ3n) is 4.34. The Bertz CT molecular complexity index is 1230. The van der Waals surface area contributed by atoms with E-state index in [2.05, 4.69) is 10.3 Å². The smallest absolute Gasteiger partial charge is 0.148 e. The zero-order chi connectivity index (χ0) is 20.2. The summed E-state index contributed by atoms with van der Waals surface area (Å²) >= 11 is 5.82. The molecule has 0 aliphatic carbocycles. The summed E-state index contributed by atoms with van der Waals surface area (Å²) in [4.78, 5) is 4.35. The Labute approximate surface area is 184 Å². The number of ether oxygens (including phenoxy) is 1. The number of hydrogen-bond acceptors (Lipinski definition) is 4. The minimum atomic E-state index is -0.483. The number of halogens is 3. The van der Waals surface area contributed by atoms with Crippen molar-refractivity contribution in [3.8, 4) is 11.8 Å². The predicted molar refractivity (Wildman–Crippen MR) is 119 cm³/mol. The molecule has 0 amide bonds. The number of nitriles is 1. The molecule has 7 heteroatoms.